The monoisotopic (exact) mass is 460 g/mol. The summed E-state index contributed by atoms with van der Waals surface area (Å²) in [7, 11) is -2.84. The highest BCUT2D eigenvalue weighted by atomic mass is 32.2. The lowest BCUT2D eigenvalue weighted by Gasteiger charge is -2.16. The molecule has 1 fully saturated rings. The molecule has 9 nitrogen and oxygen atoms in total. The quantitative estimate of drug-likeness (QED) is 0.490. The third-order valence-corrected chi connectivity index (χ3v) is 6.21. The Bertz CT molecular complexity index is 1120. The van der Waals surface area contributed by atoms with Gasteiger partial charge in [0, 0.05) is 19.2 Å². The number of hydrogen-bond donors (Lipinski definition) is 3. The summed E-state index contributed by atoms with van der Waals surface area (Å²) < 4.78 is 39.4. The average Bonchev–Trinajstić information content (AvgIpc) is 3.29. The molecule has 32 heavy (non-hydrogen) atoms. The highest BCUT2D eigenvalue weighted by Gasteiger charge is 2.23. The predicted octanol–water partition coefficient (Wildman–Crippen LogP) is 2.50. The minimum atomic E-state index is -4.16. The molecule has 3 rings (SSSR count). The average molecular weight is 461 g/mol. The first kappa shape index (κ1) is 23.3. The fourth-order valence-corrected chi connectivity index (χ4v) is 4.54. The number of aliphatic carboxylic acids is 1. The molecule has 0 bridgehead atoms. The van der Waals surface area contributed by atoms with Crippen LogP contribution in [-0.2, 0) is 19.6 Å². The second kappa shape index (κ2) is 10.3. The van der Waals surface area contributed by atoms with E-state index in [1.165, 1.54) is 43.5 Å². The number of rotatable bonds is 9. The summed E-state index contributed by atoms with van der Waals surface area (Å²) in [6.45, 7) is 1.01. The molecule has 1 amide bonds. The normalized spacial score (nSPS) is 16.1. The molecule has 0 aliphatic carbocycles. The lowest BCUT2D eigenvalue weighted by Crippen LogP contribution is -2.32. The summed E-state index contributed by atoms with van der Waals surface area (Å²) in [5.41, 5.74) is 0.622. The number of methoxy groups -OCH3 is 1. The fourth-order valence-electron chi connectivity index (χ4n) is 3.25. The van der Waals surface area contributed by atoms with Crippen molar-refractivity contribution >= 4 is 33.7 Å². The Balaban J connectivity index is 1.86. The Kier molecular flexibility index (Phi) is 7.49. The van der Waals surface area contributed by atoms with Crippen LogP contribution >= 0.6 is 0 Å². The van der Waals surface area contributed by atoms with Crippen molar-refractivity contribution in [1.29, 1.82) is 0 Å². The van der Waals surface area contributed by atoms with Crippen molar-refractivity contribution in [2.45, 2.75) is 23.8 Å². The Labute approximate surface area is 186 Å². The van der Waals surface area contributed by atoms with Gasteiger partial charge in [-0.05, 0) is 48.7 Å². The molecule has 0 saturated carbocycles. The zero-order valence-electron chi connectivity index (χ0n) is 17.4. The van der Waals surface area contributed by atoms with Crippen LogP contribution in [0.2, 0.25) is 0 Å². The highest BCUT2D eigenvalue weighted by molar-refractivity contribution is 7.92. The van der Waals surface area contributed by atoms with Gasteiger partial charge in [-0.2, -0.15) is 0 Å². The van der Waals surface area contributed by atoms with E-state index >= 15 is 0 Å². The minimum absolute atomic E-state index is 0.0475. The smallest absolute Gasteiger partial charge is 0.328 e. The summed E-state index contributed by atoms with van der Waals surface area (Å²) in [6.07, 6.45) is 3.93. The van der Waals surface area contributed by atoms with Crippen molar-refractivity contribution in [3.05, 3.63) is 59.7 Å². The van der Waals surface area contributed by atoms with Crippen molar-refractivity contribution in [3.63, 3.8) is 0 Å². The molecule has 0 aromatic heterocycles. The van der Waals surface area contributed by atoms with E-state index in [1.807, 2.05) is 0 Å². The van der Waals surface area contributed by atoms with E-state index < -0.39 is 21.9 Å². The van der Waals surface area contributed by atoms with Crippen LogP contribution in [0.1, 0.15) is 28.8 Å². The van der Waals surface area contributed by atoms with E-state index in [0.29, 0.717) is 18.7 Å². The number of para-hydroxylation sites is 1. The third kappa shape index (κ3) is 5.86. The molecule has 1 unspecified atom stereocenters. The summed E-state index contributed by atoms with van der Waals surface area (Å²) in [5, 5.41) is 11.6. The summed E-state index contributed by atoms with van der Waals surface area (Å²) >= 11 is 0. The SMILES string of the molecule is COc1ccc(/C=C/C(=O)O)cc1S(=O)(=O)Nc1ccccc1C(=O)NCC1CCCO1. The van der Waals surface area contributed by atoms with Crippen LogP contribution < -0.4 is 14.8 Å². The second-order valence-corrected chi connectivity index (χ2v) is 8.73. The molecule has 0 spiro atoms. The lowest BCUT2D eigenvalue weighted by molar-refractivity contribution is -0.131. The number of carboxylic acid groups (broad SMARTS) is 1. The van der Waals surface area contributed by atoms with Gasteiger partial charge >= 0.3 is 5.97 Å². The maximum absolute atomic E-state index is 13.1. The first-order valence-corrected chi connectivity index (χ1v) is 11.4. The van der Waals surface area contributed by atoms with E-state index in [2.05, 4.69) is 10.0 Å². The number of carbonyl (C=O) groups is 2. The maximum Gasteiger partial charge on any atom is 0.328 e. The van der Waals surface area contributed by atoms with E-state index in [9.17, 15) is 18.0 Å². The summed E-state index contributed by atoms with van der Waals surface area (Å²) in [5.74, 6) is -1.51. The van der Waals surface area contributed by atoms with Gasteiger partial charge < -0.3 is 19.9 Å². The van der Waals surface area contributed by atoms with Crippen molar-refractivity contribution in [1.82, 2.24) is 5.32 Å². The third-order valence-electron chi connectivity index (χ3n) is 4.83. The molecule has 1 aliphatic rings. The van der Waals surface area contributed by atoms with Gasteiger partial charge in [0.05, 0.1) is 24.5 Å². The molecular formula is C22H24N2O7S. The van der Waals surface area contributed by atoms with Gasteiger partial charge in [-0.25, -0.2) is 13.2 Å². The van der Waals surface area contributed by atoms with Gasteiger partial charge in [0.1, 0.15) is 10.6 Å². The molecule has 1 atom stereocenters. The number of sulfonamides is 1. The van der Waals surface area contributed by atoms with Gasteiger partial charge in [-0.15, -0.1) is 0 Å². The number of benzene rings is 2. The van der Waals surface area contributed by atoms with E-state index in [1.54, 1.807) is 12.1 Å². The number of anilines is 1. The van der Waals surface area contributed by atoms with Gasteiger partial charge in [0.2, 0.25) is 0 Å². The van der Waals surface area contributed by atoms with Gasteiger partial charge in [0.15, 0.2) is 0 Å². The highest BCUT2D eigenvalue weighted by Crippen LogP contribution is 2.28. The summed E-state index contributed by atoms with van der Waals surface area (Å²) in [4.78, 5) is 23.3. The lowest BCUT2D eigenvalue weighted by atomic mass is 10.1. The van der Waals surface area contributed by atoms with Crippen LogP contribution in [0.5, 0.6) is 5.75 Å². The second-order valence-electron chi connectivity index (χ2n) is 7.08. The number of hydrogen-bond acceptors (Lipinski definition) is 6. The number of amides is 1. The molecule has 1 aliphatic heterocycles. The Morgan fingerprint density at radius 3 is 2.72 bits per heavy atom. The number of carboxylic acids is 1. The van der Waals surface area contributed by atoms with Crippen LogP contribution in [0.25, 0.3) is 6.08 Å². The Hall–Kier alpha value is -3.37. The minimum Gasteiger partial charge on any atom is -0.495 e. The standard InChI is InChI=1S/C22H24N2O7S/c1-30-19-10-8-15(9-11-21(25)26)13-20(19)32(28,29)24-18-7-3-2-6-17(18)22(27)23-14-16-5-4-12-31-16/h2-3,6-11,13,16,24H,4-5,12,14H2,1H3,(H,23,27)(H,25,26)/b11-9+. The number of carbonyl (C=O) groups excluding carboxylic acids is 1. The van der Waals surface area contributed by atoms with Crippen molar-refractivity contribution in [2.75, 3.05) is 25.0 Å². The molecule has 2 aromatic carbocycles. The molecule has 1 saturated heterocycles. The zero-order chi connectivity index (χ0) is 23.1. The van der Waals surface area contributed by atoms with E-state index in [-0.39, 0.29) is 28.0 Å². The maximum atomic E-state index is 13.1. The first-order chi connectivity index (χ1) is 15.3. The molecule has 1 heterocycles. The van der Waals surface area contributed by atoms with Gasteiger partial charge in [-0.1, -0.05) is 18.2 Å². The Morgan fingerprint density at radius 1 is 1.25 bits per heavy atom. The number of ether oxygens (including phenoxy) is 2. The Morgan fingerprint density at radius 2 is 2.03 bits per heavy atom. The van der Waals surface area contributed by atoms with Crippen LogP contribution in [-0.4, -0.2) is 51.8 Å². The van der Waals surface area contributed by atoms with E-state index in [4.69, 9.17) is 14.6 Å². The van der Waals surface area contributed by atoms with Gasteiger partial charge in [0.25, 0.3) is 15.9 Å². The van der Waals surface area contributed by atoms with Crippen molar-refractivity contribution < 1.29 is 32.6 Å². The van der Waals surface area contributed by atoms with Crippen molar-refractivity contribution in [2.24, 2.45) is 0 Å². The van der Waals surface area contributed by atoms with Crippen LogP contribution in [0.15, 0.2) is 53.4 Å². The van der Waals surface area contributed by atoms with Crippen LogP contribution in [0.3, 0.4) is 0 Å². The molecule has 0 radical (unpaired) electrons. The molecule has 3 N–H and O–H groups in total. The fraction of sp³-hybridized carbons (Fsp3) is 0.273. The molecular weight excluding hydrogens is 436 g/mol. The van der Waals surface area contributed by atoms with E-state index in [0.717, 1.165) is 18.9 Å². The predicted molar refractivity (Wildman–Crippen MR) is 118 cm³/mol. The largest absolute Gasteiger partial charge is 0.495 e. The molecule has 10 heteroatoms. The van der Waals surface area contributed by atoms with Crippen molar-refractivity contribution in [3.8, 4) is 5.75 Å². The zero-order valence-corrected chi connectivity index (χ0v) is 18.2. The number of nitrogens with one attached hydrogen (secondary N) is 2. The van der Waals surface area contributed by atoms with Crippen LogP contribution in [0, 0.1) is 0 Å². The first-order valence-electron chi connectivity index (χ1n) is 9.91. The molecule has 170 valence electrons. The van der Waals surface area contributed by atoms with Gasteiger partial charge in [-0.3, -0.25) is 9.52 Å². The van der Waals surface area contributed by atoms with Crippen LogP contribution in [0.4, 0.5) is 5.69 Å². The summed E-state index contributed by atoms with van der Waals surface area (Å²) in [6, 6.07) is 10.5. The molecule has 2 aromatic rings. The topological polar surface area (TPSA) is 131 Å².